The van der Waals surface area contributed by atoms with Gasteiger partial charge in [-0.25, -0.2) is 5.84 Å². The SMILES string of the molecule is NNC(=NC1CCCCC1)C1CCC2CCCCC2C1. The van der Waals surface area contributed by atoms with Gasteiger partial charge >= 0.3 is 0 Å². The molecular weight excluding hydrogens is 246 g/mol. The first-order chi connectivity index (χ1) is 9.86. The minimum atomic E-state index is 0.541. The molecule has 3 aliphatic rings. The average Bonchev–Trinajstić information content (AvgIpc) is 2.53. The predicted octanol–water partition coefficient (Wildman–Crippen LogP) is 3.79. The van der Waals surface area contributed by atoms with E-state index >= 15 is 0 Å². The maximum Gasteiger partial charge on any atom is 0.114 e. The summed E-state index contributed by atoms with van der Waals surface area (Å²) in [7, 11) is 0. The van der Waals surface area contributed by atoms with Crippen molar-refractivity contribution in [3.63, 3.8) is 0 Å². The average molecular weight is 277 g/mol. The van der Waals surface area contributed by atoms with Gasteiger partial charge in [0.2, 0.25) is 0 Å². The minimum absolute atomic E-state index is 0.541. The highest BCUT2D eigenvalue weighted by molar-refractivity contribution is 5.84. The van der Waals surface area contributed by atoms with E-state index in [4.69, 9.17) is 10.8 Å². The number of aliphatic imine (C=N–C) groups is 1. The number of nitrogens with one attached hydrogen (secondary N) is 1. The summed E-state index contributed by atoms with van der Waals surface area (Å²) in [6, 6.07) is 0.541. The van der Waals surface area contributed by atoms with Gasteiger partial charge in [0.1, 0.15) is 5.84 Å². The molecule has 114 valence electrons. The Bertz CT molecular complexity index is 333. The summed E-state index contributed by atoms with van der Waals surface area (Å²) in [5.74, 6) is 9.51. The molecule has 0 spiro atoms. The summed E-state index contributed by atoms with van der Waals surface area (Å²) >= 11 is 0. The van der Waals surface area contributed by atoms with Crippen LogP contribution in [0.1, 0.15) is 77.0 Å². The van der Waals surface area contributed by atoms with Gasteiger partial charge in [0.05, 0.1) is 6.04 Å². The number of nitrogens with two attached hydrogens (primary N) is 1. The largest absolute Gasteiger partial charge is 0.312 e. The molecule has 3 aliphatic carbocycles. The van der Waals surface area contributed by atoms with Crippen LogP contribution in [0.3, 0.4) is 0 Å². The zero-order chi connectivity index (χ0) is 13.8. The first kappa shape index (κ1) is 14.4. The fourth-order valence-electron chi connectivity index (χ4n) is 4.79. The van der Waals surface area contributed by atoms with E-state index in [1.54, 1.807) is 0 Å². The summed E-state index contributed by atoms with van der Waals surface area (Å²) in [5.41, 5.74) is 2.96. The minimum Gasteiger partial charge on any atom is -0.312 e. The molecule has 3 nitrogen and oxygen atoms in total. The van der Waals surface area contributed by atoms with Gasteiger partial charge in [-0.05, 0) is 43.9 Å². The van der Waals surface area contributed by atoms with Gasteiger partial charge in [-0.15, -0.1) is 0 Å². The molecule has 3 atom stereocenters. The molecule has 20 heavy (non-hydrogen) atoms. The standard InChI is InChI=1S/C17H31N3/c18-20-17(19-16-8-2-1-3-9-16)15-11-10-13-6-4-5-7-14(13)12-15/h13-16H,1-12,18H2,(H,19,20). The summed E-state index contributed by atoms with van der Waals surface area (Å²) in [4.78, 5) is 5.00. The van der Waals surface area contributed by atoms with Crippen LogP contribution in [-0.2, 0) is 0 Å². The molecule has 0 amide bonds. The number of hydrazine groups is 1. The second-order valence-electron chi connectivity index (χ2n) is 7.27. The van der Waals surface area contributed by atoms with Gasteiger partial charge in [-0.1, -0.05) is 44.9 Å². The van der Waals surface area contributed by atoms with Gasteiger partial charge in [0, 0.05) is 5.92 Å². The lowest BCUT2D eigenvalue weighted by atomic mass is 9.67. The predicted molar refractivity (Wildman–Crippen MR) is 84.4 cm³/mol. The van der Waals surface area contributed by atoms with E-state index in [2.05, 4.69) is 5.43 Å². The third kappa shape index (κ3) is 3.36. The second kappa shape index (κ2) is 6.93. The van der Waals surface area contributed by atoms with Crippen molar-refractivity contribution in [3.8, 4) is 0 Å². The van der Waals surface area contributed by atoms with Crippen molar-refractivity contribution in [1.29, 1.82) is 0 Å². The lowest BCUT2D eigenvalue weighted by molar-refractivity contribution is 0.151. The molecule has 0 radical (unpaired) electrons. The molecule has 3 fully saturated rings. The molecule has 0 aromatic carbocycles. The normalized spacial score (nSPS) is 36.5. The van der Waals surface area contributed by atoms with Crippen molar-refractivity contribution in [3.05, 3.63) is 0 Å². The van der Waals surface area contributed by atoms with Crippen LogP contribution in [-0.4, -0.2) is 11.9 Å². The van der Waals surface area contributed by atoms with E-state index in [9.17, 15) is 0 Å². The number of nitrogens with zero attached hydrogens (tertiary/aromatic N) is 1. The monoisotopic (exact) mass is 277 g/mol. The number of amidine groups is 1. The highest BCUT2D eigenvalue weighted by Gasteiger charge is 2.34. The molecule has 0 aromatic heterocycles. The van der Waals surface area contributed by atoms with Crippen molar-refractivity contribution in [1.82, 2.24) is 5.43 Å². The lowest BCUT2D eigenvalue weighted by Gasteiger charge is -2.39. The Kier molecular flexibility index (Phi) is 4.98. The molecule has 0 bridgehead atoms. The Morgan fingerprint density at radius 1 is 0.800 bits per heavy atom. The van der Waals surface area contributed by atoms with Crippen molar-refractivity contribution < 1.29 is 0 Å². The summed E-state index contributed by atoms with van der Waals surface area (Å²) in [5, 5.41) is 0. The molecule has 3 rings (SSSR count). The van der Waals surface area contributed by atoms with Gasteiger partial charge in [-0.3, -0.25) is 4.99 Å². The first-order valence-electron chi connectivity index (χ1n) is 8.91. The Labute approximate surface area is 123 Å². The van der Waals surface area contributed by atoms with E-state index in [1.807, 2.05) is 0 Å². The Morgan fingerprint density at radius 3 is 2.25 bits per heavy atom. The van der Waals surface area contributed by atoms with Crippen LogP contribution in [0.15, 0.2) is 4.99 Å². The van der Waals surface area contributed by atoms with Crippen molar-refractivity contribution >= 4 is 5.84 Å². The number of rotatable bonds is 2. The second-order valence-corrected chi connectivity index (χ2v) is 7.27. The van der Waals surface area contributed by atoms with E-state index in [-0.39, 0.29) is 0 Å². The molecule has 3 N–H and O–H groups in total. The highest BCUT2D eigenvalue weighted by atomic mass is 15.3. The maximum absolute atomic E-state index is 5.81. The van der Waals surface area contributed by atoms with Gasteiger partial charge < -0.3 is 5.43 Å². The Morgan fingerprint density at radius 2 is 1.50 bits per heavy atom. The zero-order valence-electron chi connectivity index (χ0n) is 12.8. The van der Waals surface area contributed by atoms with Crippen LogP contribution in [0, 0.1) is 17.8 Å². The third-order valence-corrected chi connectivity index (χ3v) is 5.97. The first-order valence-corrected chi connectivity index (χ1v) is 8.91. The van der Waals surface area contributed by atoms with E-state index < -0.39 is 0 Å². The topological polar surface area (TPSA) is 50.4 Å². The molecule has 0 saturated heterocycles. The van der Waals surface area contributed by atoms with Crippen LogP contribution >= 0.6 is 0 Å². The highest BCUT2D eigenvalue weighted by Crippen LogP contribution is 2.43. The van der Waals surface area contributed by atoms with Crippen LogP contribution in [0.25, 0.3) is 0 Å². The Balaban J connectivity index is 1.62. The third-order valence-electron chi connectivity index (χ3n) is 5.97. The number of fused-ring (bicyclic) bond motifs is 1. The fourth-order valence-corrected chi connectivity index (χ4v) is 4.79. The van der Waals surface area contributed by atoms with Crippen LogP contribution in [0.4, 0.5) is 0 Å². The maximum atomic E-state index is 5.81. The molecule has 3 unspecified atom stereocenters. The van der Waals surface area contributed by atoms with E-state index in [1.165, 1.54) is 77.0 Å². The molecule has 3 heteroatoms. The van der Waals surface area contributed by atoms with Gasteiger partial charge in [0.15, 0.2) is 0 Å². The van der Waals surface area contributed by atoms with Crippen LogP contribution in [0.5, 0.6) is 0 Å². The van der Waals surface area contributed by atoms with Crippen molar-refractivity contribution in [2.75, 3.05) is 0 Å². The molecule has 3 saturated carbocycles. The number of hydrogen-bond donors (Lipinski definition) is 2. The van der Waals surface area contributed by atoms with E-state index in [0.29, 0.717) is 12.0 Å². The van der Waals surface area contributed by atoms with Crippen molar-refractivity contribution in [2.45, 2.75) is 83.1 Å². The number of hydrogen-bond acceptors (Lipinski definition) is 2. The molecule has 0 aromatic rings. The van der Waals surface area contributed by atoms with E-state index in [0.717, 1.165) is 17.7 Å². The van der Waals surface area contributed by atoms with Crippen LogP contribution < -0.4 is 11.3 Å². The summed E-state index contributed by atoms with van der Waals surface area (Å²) in [6.45, 7) is 0. The molecular formula is C17H31N3. The molecule has 0 heterocycles. The van der Waals surface area contributed by atoms with Gasteiger partial charge in [0.25, 0.3) is 0 Å². The smallest absolute Gasteiger partial charge is 0.114 e. The van der Waals surface area contributed by atoms with Crippen molar-refractivity contribution in [2.24, 2.45) is 28.6 Å². The Hall–Kier alpha value is -0.570. The summed E-state index contributed by atoms with van der Waals surface area (Å²) < 4.78 is 0. The quantitative estimate of drug-likeness (QED) is 0.349. The summed E-state index contributed by atoms with van der Waals surface area (Å²) in [6.07, 6.45) is 16.5. The lowest BCUT2D eigenvalue weighted by Crippen LogP contribution is -2.41. The van der Waals surface area contributed by atoms with Crippen LogP contribution in [0.2, 0.25) is 0 Å². The zero-order valence-corrected chi connectivity index (χ0v) is 12.8. The fraction of sp³-hybridized carbons (Fsp3) is 0.941. The molecule has 0 aliphatic heterocycles. The van der Waals surface area contributed by atoms with Gasteiger partial charge in [-0.2, -0.15) is 0 Å².